The van der Waals surface area contributed by atoms with Crippen molar-refractivity contribution in [3.63, 3.8) is 0 Å². The van der Waals surface area contributed by atoms with Gasteiger partial charge in [0.2, 0.25) is 0 Å². The van der Waals surface area contributed by atoms with E-state index in [0.29, 0.717) is 6.54 Å². The predicted molar refractivity (Wildman–Crippen MR) is 67.1 cm³/mol. The van der Waals surface area contributed by atoms with Gasteiger partial charge in [-0.2, -0.15) is 0 Å². The summed E-state index contributed by atoms with van der Waals surface area (Å²) in [6, 6.07) is 6.83. The molecule has 0 aliphatic heterocycles. The zero-order valence-corrected chi connectivity index (χ0v) is 10.2. The minimum Gasteiger partial charge on any atom is -0.329 e. The third-order valence-electron chi connectivity index (χ3n) is 3.27. The second kappa shape index (κ2) is 5.19. The van der Waals surface area contributed by atoms with E-state index in [1.54, 1.807) is 23.9 Å². The van der Waals surface area contributed by atoms with E-state index in [9.17, 15) is 4.39 Å². The van der Waals surface area contributed by atoms with Crippen molar-refractivity contribution in [1.29, 1.82) is 0 Å². The SMILES string of the molecule is NCC1(Sc2cccc(F)c2)CCCCC1. The fourth-order valence-corrected chi connectivity index (χ4v) is 3.72. The van der Waals surface area contributed by atoms with Crippen LogP contribution in [0.25, 0.3) is 0 Å². The minimum absolute atomic E-state index is 0.145. The van der Waals surface area contributed by atoms with Crippen molar-refractivity contribution in [2.45, 2.75) is 41.7 Å². The Morgan fingerprint density at radius 3 is 2.62 bits per heavy atom. The molecule has 0 saturated heterocycles. The largest absolute Gasteiger partial charge is 0.329 e. The van der Waals surface area contributed by atoms with Gasteiger partial charge in [0.05, 0.1) is 0 Å². The molecule has 0 unspecified atom stereocenters. The Hall–Kier alpha value is -0.540. The Labute approximate surface area is 101 Å². The predicted octanol–water partition coefficient (Wildman–Crippen LogP) is 3.58. The molecule has 88 valence electrons. The van der Waals surface area contributed by atoms with Crippen LogP contribution in [0, 0.1) is 5.82 Å². The van der Waals surface area contributed by atoms with Crippen LogP contribution in [-0.4, -0.2) is 11.3 Å². The molecule has 2 N–H and O–H groups in total. The highest BCUT2D eigenvalue weighted by Gasteiger charge is 2.31. The number of benzene rings is 1. The molecule has 0 atom stereocenters. The molecule has 0 heterocycles. The van der Waals surface area contributed by atoms with Crippen LogP contribution >= 0.6 is 11.8 Å². The lowest BCUT2D eigenvalue weighted by Crippen LogP contribution is -2.36. The van der Waals surface area contributed by atoms with Crippen molar-refractivity contribution in [2.75, 3.05) is 6.54 Å². The minimum atomic E-state index is -0.159. The van der Waals surface area contributed by atoms with Gasteiger partial charge < -0.3 is 5.73 Å². The van der Waals surface area contributed by atoms with Gasteiger partial charge in [-0.05, 0) is 31.0 Å². The maximum atomic E-state index is 13.1. The van der Waals surface area contributed by atoms with E-state index >= 15 is 0 Å². The molecule has 1 aromatic carbocycles. The summed E-state index contributed by atoms with van der Waals surface area (Å²) >= 11 is 1.76. The topological polar surface area (TPSA) is 26.0 Å². The van der Waals surface area contributed by atoms with Crippen LogP contribution in [-0.2, 0) is 0 Å². The van der Waals surface area contributed by atoms with Crippen LogP contribution in [0.5, 0.6) is 0 Å². The van der Waals surface area contributed by atoms with E-state index in [2.05, 4.69) is 0 Å². The number of nitrogens with two attached hydrogens (primary N) is 1. The molecule has 1 aromatic rings. The van der Waals surface area contributed by atoms with Gasteiger partial charge in [-0.1, -0.05) is 25.3 Å². The van der Waals surface area contributed by atoms with E-state index in [-0.39, 0.29) is 10.6 Å². The zero-order valence-electron chi connectivity index (χ0n) is 9.42. The second-order valence-corrected chi connectivity index (χ2v) is 6.05. The first-order chi connectivity index (χ1) is 7.74. The van der Waals surface area contributed by atoms with Crippen LogP contribution in [0.1, 0.15) is 32.1 Å². The van der Waals surface area contributed by atoms with Gasteiger partial charge in [0, 0.05) is 16.2 Å². The van der Waals surface area contributed by atoms with Crippen LogP contribution in [0.15, 0.2) is 29.2 Å². The first-order valence-electron chi connectivity index (χ1n) is 5.89. The molecule has 1 nitrogen and oxygen atoms in total. The van der Waals surface area contributed by atoms with Crippen molar-refractivity contribution in [3.05, 3.63) is 30.1 Å². The van der Waals surface area contributed by atoms with Crippen molar-refractivity contribution >= 4 is 11.8 Å². The monoisotopic (exact) mass is 239 g/mol. The van der Waals surface area contributed by atoms with Crippen molar-refractivity contribution in [2.24, 2.45) is 5.73 Å². The summed E-state index contributed by atoms with van der Waals surface area (Å²) < 4.78 is 13.3. The van der Waals surface area contributed by atoms with Gasteiger partial charge in [0.15, 0.2) is 0 Å². The Kier molecular flexibility index (Phi) is 3.87. The van der Waals surface area contributed by atoms with Gasteiger partial charge >= 0.3 is 0 Å². The third kappa shape index (κ3) is 2.77. The Morgan fingerprint density at radius 1 is 1.25 bits per heavy atom. The highest BCUT2D eigenvalue weighted by Crippen LogP contribution is 2.43. The molecule has 2 rings (SSSR count). The molecule has 0 aromatic heterocycles. The lowest BCUT2D eigenvalue weighted by molar-refractivity contribution is 0.404. The van der Waals surface area contributed by atoms with E-state index in [0.717, 1.165) is 17.7 Å². The van der Waals surface area contributed by atoms with E-state index in [1.165, 1.54) is 25.3 Å². The first kappa shape index (κ1) is 11.9. The number of hydrogen-bond donors (Lipinski definition) is 1. The first-order valence-corrected chi connectivity index (χ1v) is 6.70. The molecule has 1 aliphatic rings. The van der Waals surface area contributed by atoms with Crippen molar-refractivity contribution < 1.29 is 4.39 Å². The molecule has 0 amide bonds. The van der Waals surface area contributed by atoms with Gasteiger partial charge in [0.1, 0.15) is 5.82 Å². The molecular formula is C13H18FNS. The summed E-state index contributed by atoms with van der Waals surface area (Å²) in [6.45, 7) is 0.689. The summed E-state index contributed by atoms with van der Waals surface area (Å²) in [4.78, 5) is 1.01. The van der Waals surface area contributed by atoms with Crippen molar-refractivity contribution in [1.82, 2.24) is 0 Å². The van der Waals surface area contributed by atoms with Gasteiger partial charge in [-0.3, -0.25) is 0 Å². The molecule has 0 radical (unpaired) electrons. The number of halogens is 1. The highest BCUT2D eigenvalue weighted by atomic mass is 32.2. The van der Waals surface area contributed by atoms with Gasteiger partial charge in [0.25, 0.3) is 0 Å². The van der Waals surface area contributed by atoms with Gasteiger partial charge in [-0.25, -0.2) is 4.39 Å². The Balaban J connectivity index is 2.11. The average molecular weight is 239 g/mol. The molecule has 1 saturated carbocycles. The molecule has 16 heavy (non-hydrogen) atoms. The molecule has 0 spiro atoms. The number of rotatable bonds is 3. The fraction of sp³-hybridized carbons (Fsp3) is 0.538. The van der Waals surface area contributed by atoms with E-state index in [4.69, 9.17) is 5.73 Å². The van der Waals surface area contributed by atoms with Crippen LogP contribution in [0.3, 0.4) is 0 Å². The quantitative estimate of drug-likeness (QED) is 0.872. The van der Waals surface area contributed by atoms with Crippen LogP contribution in [0.2, 0.25) is 0 Å². The molecule has 1 aliphatic carbocycles. The van der Waals surface area contributed by atoms with Crippen LogP contribution < -0.4 is 5.73 Å². The van der Waals surface area contributed by atoms with E-state index in [1.807, 2.05) is 6.07 Å². The number of thioether (sulfide) groups is 1. The molecule has 1 fully saturated rings. The van der Waals surface area contributed by atoms with Gasteiger partial charge in [-0.15, -0.1) is 11.8 Å². The second-order valence-electron chi connectivity index (χ2n) is 4.51. The average Bonchev–Trinajstić information content (AvgIpc) is 2.30. The summed E-state index contributed by atoms with van der Waals surface area (Å²) in [7, 11) is 0. The summed E-state index contributed by atoms with van der Waals surface area (Å²) in [5.74, 6) is -0.159. The molecular weight excluding hydrogens is 221 g/mol. The zero-order chi connectivity index (χ0) is 11.4. The highest BCUT2D eigenvalue weighted by molar-refractivity contribution is 8.00. The normalized spacial score (nSPS) is 19.6. The third-order valence-corrected chi connectivity index (χ3v) is 4.76. The maximum absolute atomic E-state index is 13.1. The fourth-order valence-electron chi connectivity index (χ4n) is 2.32. The standard InChI is InChI=1S/C13H18FNS/c14-11-5-4-6-12(9-11)16-13(10-15)7-2-1-3-8-13/h4-6,9H,1-3,7-8,10,15H2. The summed E-state index contributed by atoms with van der Waals surface area (Å²) in [5, 5.41) is 0. The lowest BCUT2D eigenvalue weighted by Gasteiger charge is -2.35. The summed E-state index contributed by atoms with van der Waals surface area (Å²) in [5.41, 5.74) is 5.91. The van der Waals surface area contributed by atoms with Crippen LogP contribution in [0.4, 0.5) is 4.39 Å². The Bertz CT molecular complexity index is 348. The smallest absolute Gasteiger partial charge is 0.124 e. The lowest BCUT2D eigenvalue weighted by atomic mass is 9.88. The van der Waals surface area contributed by atoms with Crippen molar-refractivity contribution in [3.8, 4) is 0 Å². The summed E-state index contributed by atoms with van der Waals surface area (Å²) in [6.07, 6.45) is 6.12. The molecule has 0 bridgehead atoms. The van der Waals surface area contributed by atoms with E-state index < -0.39 is 0 Å². The Morgan fingerprint density at radius 2 is 2.00 bits per heavy atom. The maximum Gasteiger partial charge on any atom is 0.124 e. The number of hydrogen-bond acceptors (Lipinski definition) is 2. The molecule has 3 heteroatoms.